The van der Waals surface area contributed by atoms with Gasteiger partial charge in [-0.25, -0.2) is 0 Å². The van der Waals surface area contributed by atoms with Gasteiger partial charge in [-0.1, -0.05) is 12.1 Å². The van der Waals surface area contributed by atoms with Crippen LogP contribution in [0.15, 0.2) is 30.3 Å². The molecule has 1 N–H and O–H groups in total. The number of likely N-dealkylation sites (tertiary alicyclic amines) is 1. The molecule has 0 aliphatic carbocycles. The Morgan fingerprint density at radius 3 is 2.67 bits per heavy atom. The topological polar surface area (TPSA) is 93.9 Å². The molecule has 160 valence electrons. The van der Waals surface area contributed by atoms with Gasteiger partial charge in [0.1, 0.15) is 17.2 Å². The molecule has 1 fully saturated rings. The molecule has 1 heterocycles. The van der Waals surface area contributed by atoms with E-state index in [2.05, 4.69) is 10.2 Å². The molecule has 8 nitrogen and oxygen atoms in total. The zero-order valence-electron chi connectivity index (χ0n) is 17.7. The maximum atomic E-state index is 12.8. The van der Waals surface area contributed by atoms with Gasteiger partial charge < -0.3 is 14.8 Å². The number of nitro groups is 1. The first-order valence-electron chi connectivity index (χ1n) is 9.86. The van der Waals surface area contributed by atoms with Crippen LogP contribution in [0.5, 0.6) is 11.5 Å². The summed E-state index contributed by atoms with van der Waals surface area (Å²) in [5.41, 5.74) is 2.76. The molecule has 30 heavy (non-hydrogen) atoms. The van der Waals surface area contributed by atoms with Crippen LogP contribution in [-0.2, 0) is 4.79 Å². The number of carbonyl (C=O) groups excluding carboxylic acids is 1. The zero-order valence-corrected chi connectivity index (χ0v) is 17.7. The lowest BCUT2D eigenvalue weighted by Gasteiger charge is -2.26. The van der Waals surface area contributed by atoms with Gasteiger partial charge in [0.05, 0.1) is 25.7 Å². The first-order valence-corrected chi connectivity index (χ1v) is 9.86. The fraction of sp³-hybridized carbons (Fsp3) is 0.409. The third-order valence-corrected chi connectivity index (χ3v) is 5.68. The number of ether oxygens (including phenoxy) is 2. The van der Waals surface area contributed by atoms with E-state index in [1.54, 1.807) is 27.2 Å². The molecule has 3 rings (SSSR count). The third-order valence-electron chi connectivity index (χ3n) is 5.68. The molecule has 2 aromatic carbocycles. The van der Waals surface area contributed by atoms with Gasteiger partial charge in [0.25, 0.3) is 5.69 Å². The van der Waals surface area contributed by atoms with E-state index >= 15 is 0 Å². The Morgan fingerprint density at radius 1 is 1.23 bits per heavy atom. The second-order valence-corrected chi connectivity index (χ2v) is 7.44. The SMILES string of the molecule is COc1ccc([C@H]2CCCN2CC(=O)Nc2c([N+](=O)[O-])ccc(C)c2C)c(OC)c1. The maximum Gasteiger partial charge on any atom is 0.293 e. The van der Waals surface area contributed by atoms with Crippen LogP contribution in [-0.4, -0.2) is 43.0 Å². The van der Waals surface area contributed by atoms with Crippen LogP contribution in [0.3, 0.4) is 0 Å². The summed E-state index contributed by atoms with van der Waals surface area (Å²) >= 11 is 0. The summed E-state index contributed by atoms with van der Waals surface area (Å²) in [4.78, 5) is 25.8. The number of aryl methyl sites for hydroxylation is 1. The molecule has 0 saturated carbocycles. The van der Waals surface area contributed by atoms with Crippen molar-refractivity contribution in [3.05, 3.63) is 57.1 Å². The largest absolute Gasteiger partial charge is 0.497 e. The molecule has 1 saturated heterocycles. The Labute approximate surface area is 175 Å². The van der Waals surface area contributed by atoms with Crippen LogP contribution in [0.2, 0.25) is 0 Å². The highest BCUT2D eigenvalue weighted by Crippen LogP contribution is 2.38. The van der Waals surface area contributed by atoms with Gasteiger partial charge in [0, 0.05) is 23.7 Å². The van der Waals surface area contributed by atoms with Crippen molar-refractivity contribution < 1.29 is 19.2 Å². The van der Waals surface area contributed by atoms with Crippen LogP contribution in [0.1, 0.15) is 35.6 Å². The van der Waals surface area contributed by atoms with Gasteiger partial charge >= 0.3 is 0 Å². The molecule has 2 aromatic rings. The lowest BCUT2D eigenvalue weighted by molar-refractivity contribution is -0.384. The third kappa shape index (κ3) is 4.38. The number of rotatable bonds is 7. The zero-order chi connectivity index (χ0) is 21.8. The van der Waals surface area contributed by atoms with E-state index in [0.29, 0.717) is 11.3 Å². The van der Waals surface area contributed by atoms with Crippen LogP contribution in [0, 0.1) is 24.0 Å². The maximum absolute atomic E-state index is 12.8. The standard InChI is InChI=1S/C22H27N3O5/c1-14-7-10-19(25(27)28)22(15(14)2)23-21(26)13-24-11-5-6-18(24)17-9-8-16(29-3)12-20(17)30-4/h7-10,12,18H,5-6,11,13H2,1-4H3,(H,23,26)/t18-/m1/s1. The van der Waals surface area contributed by atoms with Gasteiger partial charge in [-0.2, -0.15) is 0 Å². The molecule has 1 atom stereocenters. The molecule has 0 radical (unpaired) electrons. The second-order valence-electron chi connectivity index (χ2n) is 7.44. The van der Waals surface area contributed by atoms with Gasteiger partial charge in [0.15, 0.2) is 0 Å². The summed E-state index contributed by atoms with van der Waals surface area (Å²) in [5.74, 6) is 1.16. The first-order chi connectivity index (χ1) is 14.3. The summed E-state index contributed by atoms with van der Waals surface area (Å²) in [6.45, 7) is 4.55. The van der Waals surface area contributed by atoms with E-state index in [1.807, 2.05) is 25.1 Å². The van der Waals surface area contributed by atoms with Crippen molar-refractivity contribution in [3.8, 4) is 11.5 Å². The Bertz CT molecular complexity index is 960. The Hall–Kier alpha value is -3.13. The van der Waals surface area contributed by atoms with Gasteiger partial charge in [0.2, 0.25) is 5.91 Å². The van der Waals surface area contributed by atoms with Crippen molar-refractivity contribution in [2.45, 2.75) is 32.7 Å². The van der Waals surface area contributed by atoms with E-state index < -0.39 is 4.92 Å². The minimum absolute atomic E-state index is 0.0326. The number of methoxy groups -OCH3 is 2. The molecule has 0 aromatic heterocycles. The molecular weight excluding hydrogens is 386 g/mol. The summed E-state index contributed by atoms with van der Waals surface area (Å²) in [6, 6.07) is 8.84. The van der Waals surface area contributed by atoms with Crippen molar-refractivity contribution in [1.82, 2.24) is 4.90 Å². The van der Waals surface area contributed by atoms with Gasteiger partial charge in [-0.15, -0.1) is 0 Å². The smallest absolute Gasteiger partial charge is 0.293 e. The van der Waals surface area contributed by atoms with E-state index in [4.69, 9.17) is 9.47 Å². The average molecular weight is 413 g/mol. The minimum atomic E-state index is -0.469. The van der Waals surface area contributed by atoms with Crippen LogP contribution >= 0.6 is 0 Å². The Kier molecular flexibility index (Phi) is 6.56. The quantitative estimate of drug-likeness (QED) is 0.545. The number of anilines is 1. The Balaban J connectivity index is 1.79. The van der Waals surface area contributed by atoms with E-state index in [1.165, 1.54) is 6.07 Å². The van der Waals surface area contributed by atoms with Crippen molar-refractivity contribution in [2.75, 3.05) is 32.6 Å². The van der Waals surface area contributed by atoms with Crippen molar-refractivity contribution in [3.63, 3.8) is 0 Å². The average Bonchev–Trinajstić information content (AvgIpc) is 3.18. The lowest BCUT2D eigenvalue weighted by Crippen LogP contribution is -2.33. The number of carbonyl (C=O) groups is 1. The van der Waals surface area contributed by atoms with Gasteiger partial charge in [-0.3, -0.25) is 19.8 Å². The van der Waals surface area contributed by atoms with E-state index in [0.717, 1.165) is 36.3 Å². The number of nitrogens with zero attached hydrogens (tertiary/aromatic N) is 2. The molecule has 1 aliphatic heterocycles. The highest BCUT2D eigenvalue weighted by atomic mass is 16.6. The molecule has 0 unspecified atom stereocenters. The Morgan fingerprint density at radius 2 is 2.00 bits per heavy atom. The fourth-order valence-electron chi connectivity index (χ4n) is 3.94. The molecule has 1 amide bonds. The fourth-order valence-corrected chi connectivity index (χ4v) is 3.94. The number of nitrogens with one attached hydrogen (secondary N) is 1. The first kappa shape index (κ1) is 21.6. The molecular formula is C22H27N3O5. The summed E-state index contributed by atoms with van der Waals surface area (Å²) < 4.78 is 10.8. The number of amides is 1. The number of hydrogen-bond acceptors (Lipinski definition) is 6. The predicted molar refractivity (Wildman–Crippen MR) is 114 cm³/mol. The van der Waals surface area contributed by atoms with Crippen LogP contribution in [0.25, 0.3) is 0 Å². The summed E-state index contributed by atoms with van der Waals surface area (Å²) in [6.07, 6.45) is 1.86. The highest BCUT2D eigenvalue weighted by molar-refractivity contribution is 5.95. The van der Waals surface area contributed by atoms with Crippen molar-refractivity contribution >= 4 is 17.3 Å². The van der Waals surface area contributed by atoms with E-state index in [-0.39, 0.29) is 29.9 Å². The van der Waals surface area contributed by atoms with Crippen LogP contribution < -0.4 is 14.8 Å². The minimum Gasteiger partial charge on any atom is -0.497 e. The summed E-state index contributed by atoms with van der Waals surface area (Å²) in [5, 5.41) is 14.2. The molecule has 8 heteroatoms. The number of benzene rings is 2. The number of nitro benzene ring substituents is 1. The molecule has 1 aliphatic rings. The monoisotopic (exact) mass is 413 g/mol. The van der Waals surface area contributed by atoms with E-state index in [9.17, 15) is 14.9 Å². The second kappa shape index (κ2) is 9.13. The normalized spacial score (nSPS) is 16.3. The molecule has 0 bridgehead atoms. The molecule has 0 spiro atoms. The lowest BCUT2D eigenvalue weighted by atomic mass is 10.0. The summed E-state index contributed by atoms with van der Waals surface area (Å²) in [7, 11) is 3.22. The number of hydrogen-bond donors (Lipinski definition) is 1. The van der Waals surface area contributed by atoms with Crippen molar-refractivity contribution in [2.24, 2.45) is 0 Å². The highest BCUT2D eigenvalue weighted by Gasteiger charge is 2.30. The van der Waals surface area contributed by atoms with Gasteiger partial charge in [-0.05, 0) is 50.4 Å². The predicted octanol–water partition coefficient (Wildman–Crippen LogP) is 4.00. The van der Waals surface area contributed by atoms with Crippen molar-refractivity contribution in [1.29, 1.82) is 0 Å². The van der Waals surface area contributed by atoms with Crippen LogP contribution in [0.4, 0.5) is 11.4 Å².